The molecule has 0 radical (unpaired) electrons. The van der Waals surface area contributed by atoms with Crippen LogP contribution in [0.5, 0.6) is 5.75 Å². The number of nitrogens with one attached hydrogen (secondary N) is 2. The van der Waals surface area contributed by atoms with Gasteiger partial charge >= 0.3 is 0 Å². The summed E-state index contributed by atoms with van der Waals surface area (Å²) in [6, 6.07) is 9.17. The van der Waals surface area contributed by atoms with E-state index in [-0.39, 0.29) is 12.0 Å². The van der Waals surface area contributed by atoms with E-state index in [0.29, 0.717) is 30.8 Å². The Kier molecular flexibility index (Phi) is 5.55. The molecular weight excluding hydrogens is 282 g/mol. The Morgan fingerprint density at radius 1 is 1.45 bits per heavy atom. The van der Waals surface area contributed by atoms with E-state index < -0.39 is 0 Å². The van der Waals surface area contributed by atoms with Crippen LogP contribution in [0.3, 0.4) is 0 Å². The van der Waals surface area contributed by atoms with Gasteiger partial charge in [0.15, 0.2) is 0 Å². The summed E-state index contributed by atoms with van der Waals surface area (Å²) in [7, 11) is 1.60. The minimum Gasteiger partial charge on any atom is -0.497 e. The molecule has 2 aromatic rings. The standard InChI is InChI=1S/C16H21N3O3/c1-3-12(20)7-8-17-16(21)15-10-14(18-19-15)11-5-4-6-13(9-11)22-2/h4-6,9-10,12,20H,3,7-8H2,1-2H3,(H,17,21)(H,18,19). The molecule has 1 aromatic carbocycles. The first kappa shape index (κ1) is 16.0. The third-order valence-electron chi connectivity index (χ3n) is 3.42. The second kappa shape index (κ2) is 7.61. The number of carbonyl (C=O) groups is 1. The number of benzene rings is 1. The van der Waals surface area contributed by atoms with Crippen molar-refractivity contribution in [2.45, 2.75) is 25.9 Å². The fraction of sp³-hybridized carbons (Fsp3) is 0.375. The predicted octanol–water partition coefficient (Wildman–Crippen LogP) is 1.98. The van der Waals surface area contributed by atoms with Crippen molar-refractivity contribution >= 4 is 5.91 Å². The Morgan fingerprint density at radius 3 is 3.00 bits per heavy atom. The van der Waals surface area contributed by atoms with Crippen molar-refractivity contribution in [2.75, 3.05) is 13.7 Å². The zero-order chi connectivity index (χ0) is 15.9. The van der Waals surface area contributed by atoms with Crippen molar-refractivity contribution in [3.05, 3.63) is 36.0 Å². The summed E-state index contributed by atoms with van der Waals surface area (Å²) in [5.41, 5.74) is 1.94. The second-order valence-electron chi connectivity index (χ2n) is 5.01. The van der Waals surface area contributed by atoms with Crippen molar-refractivity contribution in [1.29, 1.82) is 0 Å². The highest BCUT2D eigenvalue weighted by Gasteiger charge is 2.11. The molecule has 2 rings (SSSR count). The molecule has 0 bridgehead atoms. The lowest BCUT2D eigenvalue weighted by Crippen LogP contribution is -2.27. The number of methoxy groups -OCH3 is 1. The highest BCUT2D eigenvalue weighted by molar-refractivity contribution is 5.93. The largest absolute Gasteiger partial charge is 0.497 e. The zero-order valence-corrected chi connectivity index (χ0v) is 12.8. The molecule has 0 saturated heterocycles. The molecule has 0 aliphatic rings. The first-order chi connectivity index (χ1) is 10.6. The van der Waals surface area contributed by atoms with Crippen LogP contribution in [0.2, 0.25) is 0 Å². The molecule has 0 aliphatic carbocycles. The summed E-state index contributed by atoms with van der Waals surface area (Å²) in [6.07, 6.45) is 0.841. The van der Waals surface area contributed by atoms with Gasteiger partial charge in [0.25, 0.3) is 5.91 Å². The lowest BCUT2D eigenvalue weighted by Gasteiger charge is -2.07. The third-order valence-corrected chi connectivity index (χ3v) is 3.42. The van der Waals surface area contributed by atoms with E-state index in [4.69, 9.17) is 4.74 Å². The van der Waals surface area contributed by atoms with Gasteiger partial charge in [0.2, 0.25) is 0 Å². The molecule has 22 heavy (non-hydrogen) atoms. The number of rotatable bonds is 7. The van der Waals surface area contributed by atoms with Crippen LogP contribution in [0, 0.1) is 0 Å². The molecule has 3 N–H and O–H groups in total. The van der Waals surface area contributed by atoms with Crippen LogP contribution in [-0.4, -0.2) is 41.0 Å². The van der Waals surface area contributed by atoms with Crippen molar-refractivity contribution in [1.82, 2.24) is 15.5 Å². The number of hydrogen-bond donors (Lipinski definition) is 3. The van der Waals surface area contributed by atoms with Gasteiger partial charge in [-0.1, -0.05) is 19.1 Å². The van der Waals surface area contributed by atoms with Crippen molar-refractivity contribution < 1.29 is 14.6 Å². The lowest BCUT2D eigenvalue weighted by atomic mass is 10.1. The molecule has 0 aliphatic heterocycles. The van der Waals surface area contributed by atoms with Gasteiger partial charge in [-0.3, -0.25) is 9.89 Å². The first-order valence-corrected chi connectivity index (χ1v) is 7.30. The van der Waals surface area contributed by atoms with E-state index in [0.717, 1.165) is 11.3 Å². The summed E-state index contributed by atoms with van der Waals surface area (Å²) in [5.74, 6) is 0.505. The van der Waals surface area contributed by atoms with Gasteiger partial charge in [-0.15, -0.1) is 0 Å². The number of hydrogen-bond acceptors (Lipinski definition) is 4. The maximum absolute atomic E-state index is 12.0. The van der Waals surface area contributed by atoms with Gasteiger partial charge in [-0.2, -0.15) is 5.10 Å². The van der Waals surface area contributed by atoms with Crippen molar-refractivity contribution in [3.8, 4) is 17.0 Å². The monoisotopic (exact) mass is 303 g/mol. The minimum atomic E-state index is -0.380. The number of ether oxygens (including phenoxy) is 1. The molecule has 118 valence electrons. The molecule has 6 nitrogen and oxygen atoms in total. The summed E-state index contributed by atoms with van der Waals surface area (Å²) < 4.78 is 5.18. The fourth-order valence-corrected chi connectivity index (χ4v) is 2.02. The van der Waals surface area contributed by atoms with Gasteiger partial charge in [0.05, 0.1) is 18.9 Å². The van der Waals surface area contributed by atoms with Crippen LogP contribution < -0.4 is 10.1 Å². The van der Waals surface area contributed by atoms with Crippen LogP contribution in [0.15, 0.2) is 30.3 Å². The number of aromatic amines is 1. The van der Waals surface area contributed by atoms with Gasteiger partial charge in [-0.25, -0.2) is 0 Å². The van der Waals surface area contributed by atoms with Gasteiger partial charge in [-0.05, 0) is 31.0 Å². The van der Waals surface area contributed by atoms with E-state index in [2.05, 4.69) is 15.5 Å². The molecule has 1 heterocycles. The molecule has 6 heteroatoms. The van der Waals surface area contributed by atoms with E-state index in [9.17, 15) is 9.90 Å². The quantitative estimate of drug-likeness (QED) is 0.730. The van der Waals surface area contributed by atoms with Crippen molar-refractivity contribution in [3.63, 3.8) is 0 Å². The third kappa shape index (κ3) is 4.08. The first-order valence-electron chi connectivity index (χ1n) is 7.30. The van der Waals surface area contributed by atoms with Crippen LogP contribution >= 0.6 is 0 Å². The number of H-pyrrole nitrogens is 1. The Hall–Kier alpha value is -2.34. The highest BCUT2D eigenvalue weighted by Crippen LogP contribution is 2.22. The Bertz CT molecular complexity index is 625. The Morgan fingerprint density at radius 2 is 2.27 bits per heavy atom. The predicted molar refractivity (Wildman–Crippen MR) is 83.8 cm³/mol. The SMILES string of the molecule is CCC(O)CCNC(=O)c1cc(-c2cccc(OC)c2)n[nH]1. The number of aliphatic hydroxyl groups is 1. The van der Waals surface area contributed by atoms with E-state index in [1.807, 2.05) is 31.2 Å². The second-order valence-corrected chi connectivity index (χ2v) is 5.01. The molecule has 1 atom stereocenters. The normalized spacial score (nSPS) is 12.0. The smallest absolute Gasteiger partial charge is 0.269 e. The molecule has 0 spiro atoms. The zero-order valence-electron chi connectivity index (χ0n) is 12.8. The topological polar surface area (TPSA) is 87.2 Å². The molecule has 0 saturated carbocycles. The van der Waals surface area contributed by atoms with Gasteiger partial charge in [0.1, 0.15) is 11.4 Å². The van der Waals surface area contributed by atoms with Crippen LogP contribution in [0.4, 0.5) is 0 Å². The van der Waals surface area contributed by atoms with E-state index in [1.54, 1.807) is 13.2 Å². The summed E-state index contributed by atoms with van der Waals surface area (Å²) in [4.78, 5) is 12.0. The number of aliphatic hydroxyl groups excluding tert-OH is 1. The number of aromatic nitrogens is 2. The van der Waals surface area contributed by atoms with E-state index in [1.165, 1.54) is 0 Å². The van der Waals surface area contributed by atoms with Crippen molar-refractivity contribution in [2.24, 2.45) is 0 Å². The highest BCUT2D eigenvalue weighted by atomic mass is 16.5. The molecular formula is C16H21N3O3. The molecule has 0 fully saturated rings. The Labute approximate surface area is 129 Å². The minimum absolute atomic E-state index is 0.232. The number of amides is 1. The van der Waals surface area contributed by atoms with Gasteiger partial charge in [0, 0.05) is 12.1 Å². The summed E-state index contributed by atoms with van der Waals surface area (Å²) in [6.45, 7) is 2.34. The van der Waals surface area contributed by atoms with Crippen LogP contribution in [0.1, 0.15) is 30.3 Å². The van der Waals surface area contributed by atoms with E-state index >= 15 is 0 Å². The maximum Gasteiger partial charge on any atom is 0.269 e. The summed E-state index contributed by atoms with van der Waals surface area (Å²) >= 11 is 0. The van der Waals surface area contributed by atoms with Crippen LogP contribution in [-0.2, 0) is 0 Å². The number of nitrogens with zero attached hydrogens (tertiary/aromatic N) is 1. The lowest BCUT2D eigenvalue weighted by molar-refractivity contribution is 0.0937. The summed E-state index contributed by atoms with van der Waals surface area (Å²) in [5, 5.41) is 19.1. The molecule has 1 amide bonds. The van der Waals surface area contributed by atoms with Gasteiger partial charge < -0.3 is 15.2 Å². The average Bonchev–Trinajstić information content (AvgIpc) is 3.04. The number of carbonyl (C=O) groups excluding carboxylic acids is 1. The molecule has 1 aromatic heterocycles. The molecule has 1 unspecified atom stereocenters. The maximum atomic E-state index is 12.0. The average molecular weight is 303 g/mol. The Balaban J connectivity index is 1.99. The van der Waals surface area contributed by atoms with Crippen LogP contribution in [0.25, 0.3) is 11.3 Å². The fourth-order valence-electron chi connectivity index (χ4n) is 2.02.